The number of nitrogens with zero attached hydrogens (tertiary/aromatic N) is 1. The average molecular weight is 231 g/mol. The predicted molar refractivity (Wildman–Crippen MR) is 65.1 cm³/mol. The first kappa shape index (κ1) is 10.8. The van der Waals surface area contributed by atoms with E-state index in [1.54, 1.807) is 4.90 Å². The van der Waals surface area contributed by atoms with Crippen LogP contribution in [-0.2, 0) is 4.74 Å². The van der Waals surface area contributed by atoms with E-state index in [-0.39, 0.29) is 11.9 Å². The Balaban J connectivity index is 1.77. The minimum absolute atomic E-state index is 0.112. The summed E-state index contributed by atoms with van der Waals surface area (Å²) in [7, 11) is 1.86. The molecule has 2 aliphatic rings. The molecule has 0 aromatic heterocycles. The van der Waals surface area contributed by atoms with E-state index in [0.717, 1.165) is 5.56 Å². The highest BCUT2D eigenvalue weighted by Crippen LogP contribution is 2.40. The lowest BCUT2D eigenvalue weighted by atomic mass is 10.1. The van der Waals surface area contributed by atoms with Gasteiger partial charge in [0.05, 0.1) is 19.3 Å². The van der Waals surface area contributed by atoms with Gasteiger partial charge in [-0.15, -0.1) is 0 Å². The van der Waals surface area contributed by atoms with Crippen LogP contribution in [0, 0.1) is 0 Å². The number of carbonyl (C=O) groups is 1. The summed E-state index contributed by atoms with van der Waals surface area (Å²) in [6.45, 7) is 1.34. The number of likely N-dealkylation sites (N-methyl/N-ethyl adjacent to an activating group) is 1. The second-order valence-corrected chi connectivity index (χ2v) is 5.01. The van der Waals surface area contributed by atoms with E-state index in [1.165, 1.54) is 18.4 Å². The molecule has 1 heterocycles. The predicted octanol–water partition coefficient (Wildman–Crippen LogP) is 2.03. The molecule has 1 aromatic carbocycles. The third kappa shape index (κ3) is 2.07. The van der Waals surface area contributed by atoms with Crippen LogP contribution in [0.1, 0.15) is 34.7 Å². The standard InChI is InChI=1S/C14H17NO2/c1-15(13-8-17-9-13)14(16)12-4-2-3-11(7-12)10-5-6-10/h2-4,7,10,13H,5-6,8-9H2,1H3. The molecule has 3 heteroatoms. The maximum Gasteiger partial charge on any atom is 0.254 e. The van der Waals surface area contributed by atoms with Crippen LogP contribution >= 0.6 is 0 Å². The number of hydrogen-bond donors (Lipinski definition) is 0. The van der Waals surface area contributed by atoms with E-state index in [2.05, 4.69) is 12.1 Å². The number of rotatable bonds is 3. The van der Waals surface area contributed by atoms with Gasteiger partial charge in [0.25, 0.3) is 5.91 Å². The summed E-state index contributed by atoms with van der Waals surface area (Å²) < 4.78 is 5.12. The van der Waals surface area contributed by atoms with Crippen molar-refractivity contribution in [3.63, 3.8) is 0 Å². The Morgan fingerprint density at radius 3 is 2.71 bits per heavy atom. The van der Waals surface area contributed by atoms with E-state index >= 15 is 0 Å². The van der Waals surface area contributed by atoms with E-state index in [9.17, 15) is 4.79 Å². The van der Waals surface area contributed by atoms with Crippen LogP contribution in [-0.4, -0.2) is 37.1 Å². The van der Waals surface area contributed by atoms with Crippen LogP contribution in [0.2, 0.25) is 0 Å². The van der Waals surface area contributed by atoms with E-state index < -0.39 is 0 Å². The maximum atomic E-state index is 12.2. The summed E-state index contributed by atoms with van der Waals surface area (Å²) >= 11 is 0. The SMILES string of the molecule is CN(C(=O)c1cccc(C2CC2)c1)C1COC1. The molecular weight excluding hydrogens is 214 g/mol. The van der Waals surface area contributed by atoms with Crippen molar-refractivity contribution >= 4 is 5.91 Å². The third-order valence-electron chi connectivity index (χ3n) is 3.67. The van der Waals surface area contributed by atoms with Gasteiger partial charge < -0.3 is 9.64 Å². The third-order valence-corrected chi connectivity index (χ3v) is 3.67. The van der Waals surface area contributed by atoms with Crippen LogP contribution in [0.5, 0.6) is 0 Å². The van der Waals surface area contributed by atoms with E-state index in [0.29, 0.717) is 19.1 Å². The molecule has 3 rings (SSSR count). The van der Waals surface area contributed by atoms with Crippen molar-refractivity contribution in [2.24, 2.45) is 0 Å². The van der Waals surface area contributed by atoms with Gasteiger partial charge in [0.15, 0.2) is 0 Å². The molecule has 1 saturated heterocycles. The lowest BCUT2D eigenvalue weighted by Crippen LogP contribution is -2.49. The molecule has 2 fully saturated rings. The quantitative estimate of drug-likeness (QED) is 0.796. The number of benzene rings is 1. The molecule has 0 unspecified atom stereocenters. The summed E-state index contributed by atoms with van der Waals surface area (Å²) in [5.74, 6) is 0.806. The first-order valence-corrected chi connectivity index (χ1v) is 6.20. The Bertz CT molecular complexity index is 436. The van der Waals surface area contributed by atoms with Crippen LogP contribution in [0.15, 0.2) is 24.3 Å². The molecule has 90 valence electrons. The van der Waals surface area contributed by atoms with Gasteiger partial charge in [-0.2, -0.15) is 0 Å². The molecule has 17 heavy (non-hydrogen) atoms. The molecule has 1 saturated carbocycles. The topological polar surface area (TPSA) is 29.5 Å². The molecule has 3 nitrogen and oxygen atoms in total. The van der Waals surface area contributed by atoms with Crippen molar-refractivity contribution in [1.29, 1.82) is 0 Å². The molecule has 1 amide bonds. The van der Waals surface area contributed by atoms with Crippen LogP contribution in [0.3, 0.4) is 0 Å². The molecule has 0 N–H and O–H groups in total. The van der Waals surface area contributed by atoms with Crippen molar-refractivity contribution in [3.05, 3.63) is 35.4 Å². The number of amides is 1. The zero-order valence-corrected chi connectivity index (χ0v) is 10.1. The number of hydrogen-bond acceptors (Lipinski definition) is 2. The first-order valence-electron chi connectivity index (χ1n) is 6.20. The minimum atomic E-state index is 0.112. The van der Waals surface area contributed by atoms with Gasteiger partial charge in [0.1, 0.15) is 0 Å². The second kappa shape index (κ2) is 4.15. The van der Waals surface area contributed by atoms with E-state index in [4.69, 9.17) is 4.74 Å². The molecular formula is C14H17NO2. The molecule has 1 aliphatic heterocycles. The highest BCUT2D eigenvalue weighted by molar-refractivity contribution is 5.94. The lowest BCUT2D eigenvalue weighted by molar-refractivity contribution is -0.0467. The van der Waals surface area contributed by atoms with Crippen molar-refractivity contribution in [2.75, 3.05) is 20.3 Å². The Morgan fingerprint density at radius 2 is 2.12 bits per heavy atom. The van der Waals surface area contributed by atoms with E-state index in [1.807, 2.05) is 19.2 Å². The van der Waals surface area contributed by atoms with Crippen molar-refractivity contribution in [1.82, 2.24) is 4.90 Å². The smallest absolute Gasteiger partial charge is 0.254 e. The van der Waals surface area contributed by atoms with Gasteiger partial charge >= 0.3 is 0 Å². The number of ether oxygens (including phenoxy) is 1. The Hall–Kier alpha value is -1.35. The summed E-state index contributed by atoms with van der Waals surface area (Å²) in [6.07, 6.45) is 2.54. The lowest BCUT2D eigenvalue weighted by Gasteiger charge is -2.34. The first-order chi connectivity index (χ1) is 8.25. The Kier molecular flexibility index (Phi) is 2.63. The monoisotopic (exact) mass is 231 g/mol. The molecule has 0 spiro atoms. The summed E-state index contributed by atoms with van der Waals surface area (Å²) in [6, 6.07) is 8.33. The van der Waals surface area contributed by atoms with Gasteiger partial charge in [0, 0.05) is 12.6 Å². The molecule has 0 radical (unpaired) electrons. The number of carbonyl (C=O) groups excluding carboxylic acids is 1. The summed E-state index contributed by atoms with van der Waals surface area (Å²) in [5, 5.41) is 0. The van der Waals surface area contributed by atoms with Crippen molar-refractivity contribution < 1.29 is 9.53 Å². The summed E-state index contributed by atoms with van der Waals surface area (Å²) in [5.41, 5.74) is 2.12. The molecule has 1 aliphatic carbocycles. The van der Waals surface area contributed by atoms with Crippen LogP contribution in [0.25, 0.3) is 0 Å². The summed E-state index contributed by atoms with van der Waals surface area (Å²) in [4.78, 5) is 14.0. The highest BCUT2D eigenvalue weighted by Gasteiger charge is 2.28. The molecule has 1 aromatic rings. The van der Waals surface area contributed by atoms with Gasteiger partial charge in [-0.25, -0.2) is 0 Å². The van der Waals surface area contributed by atoms with Crippen molar-refractivity contribution in [2.45, 2.75) is 24.8 Å². The Labute approximate surface area is 101 Å². The average Bonchev–Trinajstić information content (AvgIpc) is 3.09. The van der Waals surface area contributed by atoms with Gasteiger partial charge in [-0.3, -0.25) is 4.79 Å². The van der Waals surface area contributed by atoms with Gasteiger partial charge in [0.2, 0.25) is 0 Å². The van der Waals surface area contributed by atoms with Crippen LogP contribution in [0.4, 0.5) is 0 Å². The fraction of sp³-hybridized carbons (Fsp3) is 0.500. The van der Waals surface area contributed by atoms with Crippen molar-refractivity contribution in [3.8, 4) is 0 Å². The normalized spacial score (nSPS) is 19.8. The second-order valence-electron chi connectivity index (χ2n) is 5.01. The highest BCUT2D eigenvalue weighted by atomic mass is 16.5. The minimum Gasteiger partial charge on any atom is -0.377 e. The molecule has 0 bridgehead atoms. The van der Waals surface area contributed by atoms with Gasteiger partial charge in [-0.05, 0) is 36.5 Å². The fourth-order valence-corrected chi connectivity index (χ4v) is 2.16. The Morgan fingerprint density at radius 1 is 1.35 bits per heavy atom. The largest absolute Gasteiger partial charge is 0.377 e. The zero-order valence-electron chi connectivity index (χ0n) is 10.1. The van der Waals surface area contributed by atoms with Gasteiger partial charge in [-0.1, -0.05) is 12.1 Å². The van der Waals surface area contributed by atoms with Crippen LogP contribution < -0.4 is 0 Å². The maximum absolute atomic E-state index is 12.2. The fourth-order valence-electron chi connectivity index (χ4n) is 2.16. The zero-order chi connectivity index (χ0) is 11.8. The molecule has 0 atom stereocenters.